The molecular weight excluding hydrogens is 400 g/mol. The van der Waals surface area contributed by atoms with Crippen molar-refractivity contribution in [1.82, 2.24) is 15.3 Å². The molecule has 2 amide bonds. The van der Waals surface area contributed by atoms with E-state index >= 15 is 0 Å². The first-order valence-electron chi connectivity index (χ1n) is 9.77. The van der Waals surface area contributed by atoms with Crippen LogP contribution in [-0.2, 0) is 17.6 Å². The Kier molecular flexibility index (Phi) is 7.51. The first kappa shape index (κ1) is 21.4. The fourth-order valence-electron chi connectivity index (χ4n) is 2.89. The van der Waals surface area contributed by atoms with Crippen LogP contribution in [0, 0.1) is 0 Å². The maximum Gasteiger partial charge on any atom is 0.258 e. The van der Waals surface area contributed by atoms with Gasteiger partial charge in [0.05, 0.1) is 11.3 Å². The number of nitrogens with zero attached hydrogens (tertiary/aromatic N) is 1. The molecular formula is C22H24N4O3S. The fourth-order valence-corrected chi connectivity index (χ4v) is 3.63. The minimum atomic E-state index is -0.350. The van der Waals surface area contributed by atoms with Gasteiger partial charge in [-0.25, -0.2) is 4.98 Å². The van der Waals surface area contributed by atoms with Crippen LogP contribution in [0.4, 0.5) is 5.13 Å². The molecule has 2 aromatic heterocycles. The van der Waals surface area contributed by atoms with E-state index in [9.17, 15) is 14.4 Å². The first-order chi connectivity index (χ1) is 14.5. The van der Waals surface area contributed by atoms with Gasteiger partial charge in [0.2, 0.25) is 11.5 Å². The number of carbonyl (C=O) groups excluding carboxylic acids is 2. The monoisotopic (exact) mass is 424 g/mol. The number of thiazole rings is 1. The molecule has 1 unspecified atom stereocenters. The molecule has 30 heavy (non-hydrogen) atoms. The Morgan fingerprint density at radius 1 is 1.13 bits per heavy atom. The normalized spacial score (nSPS) is 11.6. The Morgan fingerprint density at radius 2 is 1.93 bits per heavy atom. The van der Waals surface area contributed by atoms with Crippen LogP contribution >= 0.6 is 11.3 Å². The van der Waals surface area contributed by atoms with Gasteiger partial charge in [-0.3, -0.25) is 19.7 Å². The predicted molar refractivity (Wildman–Crippen MR) is 118 cm³/mol. The largest absolute Gasteiger partial charge is 0.354 e. The molecule has 3 aromatic rings. The van der Waals surface area contributed by atoms with Crippen molar-refractivity contribution in [3.05, 3.63) is 81.2 Å². The average Bonchev–Trinajstić information content (AvgIpc) is 3.19. The van der Waals surface area contributed by atoms with Crippen molar-refractivity contribution in [2.24, 2.45) is 0 Å². The Morgan fingerprint density at radius 3 is 2.67 bits per heavy atom. The number of hydrogen-bond acceptors (Lipinski definition) is 5. The van der Waals surface area contributed by atoms with Crippen molar-refractivity contribution >= 4 is 28.3 Å². The van der Waals surface area contributed by atoms with Crippen molar-refractivity contribution < 1.29 is 9.59 Å². The van der Waals surface area contributed by atoms with Crippen LogP contribution in [0.1, 0.15) is 41.4 Å². The van der Waals surface area contributed by atoms with Gasteiger partial charge >= 0.3 is 0 Å². The lowest BCUT2D eigenvalue weighted by molar-refractivity contribution is -0.121. The van der Waals surface area contributed by atoms with Crippen LogP contribution in [0.3, 0.4) is 0 Å². The highest BCUT2D eigenvalue weighted by Gasteiger charge is 2.12. The van der Waals surface area contributed by atoms with Crippen LogP contribution in [-0.4, -0.2) is 27.8 Å². The lowest BCUT2D eigenvalue weighted by Gasteiger charge is -2.13. The minimum Gasteiger partial charge on any atom is -0.354 e. The van der Waals surface area contributed by atoms with Gasteiger partial charge in [-0.05, 0) is 37.8 Å². The lowest BCUT2D eigenvalue weighted by atomic mass is 10.1. The Labute approximate surface area is 178 Å². The van der Waals surface area contributed by atoms with E-state index in [1.165, 1.54) is 35.2 Å². The second kappa shape index (κ2) is 10.5. The summed E-state index contributed by atoms with van der Waals surface area (Å²) < 4.78 is 0. The van der Waals surface area contributed by atoms with E-state index in [1.807, 2.05) is 30.5 Å². The van der Waals surface area contributed by atoms with Gasteiger partial charge in [-0.15, -0.1) is 11.3 Å². The van der Waals surface area contributed by atoms with E-state index in [-0.39, 0.29) is 23.4 Å². The SMILES string of the molecule is CC(CCc1ccccc1)NC(=O)CCc1csc(NC(=O)c2ccc(=O)[nH]c2)n1. The van der Waals surface area contributed by atoms with Crippen LogP contribution in [0.15, 0.2) is 58.8 Å². The molecule has 0 radical (unpaired) electrons. The number of anilines is 1. The molecule has 0 spiro atoms. The van der Waals surface area contributed by atoms with Crippen molar-refractivity contribution in [3.63, 3.8) is 0 Å². The third-order valence-electron chi connectivity index (χ3n) is 4.54. The number of carbonyl (C=O) groups is 2. The Hall–Kier alpha value is -3.26. The summed E-state index contributed by atoms with van der Waals surface area (Å²) in [7, 11) is 0. The molecule has 7 nitrogen and oxygen atoms in total. The standard InChI is InChI=1S/C22H24N4O3S/c1-15(7-8-16-5-3-2-4-6-16)24-20(28)12-10-18-14-30-22(25-18)26-21(29)17-9-11-19(27)23-13-17/h2-6,9,11,13-15H,7-8,10,12H2,1H3,(H,23,27)(H,24,28)(H,25,26,29). The highest BCUT2D eigenvalue weighted by atomic mass is 32.1. The van der Waals surface area contributed by atoms with E-state index in [1.54, 1.807) is 0 Å². The van der Waals surface area contributed by atoms with Crippen molar-refractivity contribution in [2.45, 2.75) is 38.6 Å². The molecule has 3 N–H and O–H groups in total. The molecule has 0 aliphatic heterocycles. The van der Waals surface area contributed by atoms with Gasteiger partial charge in [-0.1, -0.05) is 30.3 Å². The number of amides is 2. The minimum absolute atomic E-state index is 0.0117. The molecule has 0 bridgehead atoms. The molecule has 0 saturated carbocycles. The van der Waals surface area contributed by atoms with Gasteiger partial charge in [0.25, 0.3) is 5.91 Å². The van der Waals surface area contributed by atoms with Crippen LogP contribution in [0.5, 0.6) is 0 Å². The maximum absolute atomic E-state index is 12.2. The molecule has 1 aromatic carbocycles. The zero-order valence-corrected chi connectivity index (χ0v) is 17.5. The molecule has 3 rings (SSSR count). The quantitative estimate of drug-likeness (QED) is 0.491. The van der Waals surface area contributed by atoms with E-state index in [0.29, 0.717) is 23.5 Å². The Balaban J connectivity index is 1.41. The summed E-state index contributed by atoms with van der Waals surface area (Å²) in [5.41, 5.74) is 2.09. The van der Waals surface area contributed by atoms with Gasteiger partial charge in [0, 0.05) is 30.1 Å². The summed E-state index contributed by atoms with van der Waals surface area (Å²) in [4.78, 5) is 42.2. The zero-order chi connectivity index (χ0) is 21.3. The van der Waals surface area contributed by atoms with Crippen molar-refractivity contribution in [1.29, 1.82) is 0 Å². The van der Waals surface area contributed by atoms with Crippen LogP contribution in [0.2, 0.25) is 0 Å². The smallest absolute Gasteiger partial charge is 0.258 e. The highest BCUT2D eigenvalue weighted by molar-refractivity contribution is 7.14. The third-order valence-corrected chi connectivity index (χ3v) is 5.35. The van der Waals surface area contributed by atoms with Crippen molar-refractivity contribution in [2.75, 3.05) is 5.32 Å². The average molecular weight is 425 g/mol. The van der Waals surface area contributed by atoms with Gasteiger partial charge < -0.3 is 10.3 Å². The number of benzene rings is 1. The van der Waals surface area contributed by atoms with E-state index in [4.69, 9.17) is 0 Å². The maximum atomic E-state index is 12.2. The second-order valence-electron chi connectivity index (χ2n) is 7.03. The third kappa shape index (κ3) is 6.66. The molecule has 8 heteroatoms. The zero-order valence-electron chi connectivity index (χ0n) is 16.7. The molecule has 1 atom stereocenters. The fraction of sp³-hybridized carbons (Fsp3) is 0.273. The van der Waals surface area contributed by atoms with Gasteiger partial charge in [-0.2, -0.15) is 0 Å². The lowest BCUT2D eigenvalue weighted by Crippen LogP contribution is -2.33. The topological polar surface area (TPSA) is 104 Å². The molecule has 0 fully saturated rings. The summed E-state index contributed by atoms with van der Waals surface area (Å²) in [5, 5.41) is 8.00. The first-order valence-corrected chi connectivity index (χ1v) is 10.7. The summed E-state index contributed by atoms with van der Waals surface area (Å²) >= 11 is 1.30. The van der Waals surface area contributed by atoms with Gasteiger partial charge in [0.15, 0.2) is 5.13 Å². The number of aromatic amines is 1. The number of aryl methyl sites for hydroxylation is 2. The second-order valence-corrected chi connectivity index (χ2v) is 7.89. The van der Waals surface area contributed by atoms with E-state index in [2.05, 4.69) is 32.7 Å². The summed E-state index contributed by atoms with van der Waals surface area (Å²) in [6.45, 7) is 2.01. The number of hydrogen-bond donors (Lipinski definition) is 3. The summed E-state index contributed by atoms with van der Waals surface area (Å²) in [6, 6.07) is 13.0. The van der Waals surface area contributed by atoms with Crippen LogP contribution < -0.4 is 16.2 Å². The molecule has 156 valence electrons. The summed E-state index contributed by atoms with van der Waals surface area (Å²) in [5.74, 6) is -0.362. The van der Waals surface area contributed by atoms with Crippen molar-refractivity contribution in [3.8, 4) is 0 Å². The molecule has 0 aliphatic rings. The Bertz CT molecular complexity index is 1030. The van der Waals surface area contributed by atoms with E-state index in [0.717, 1.165) is 18.5 Å². The van der Waals surface area contributed by atoms with Gasteiger partial charge in [0.1, 0.15) is 0 Å². The number of pyridine rings is 1. The van der Waals surface area contributed by atoms with Crippen LogP contribution in [0.25, 0.3) is 0 Å². The predicted octanol–water partition coefficient (Wildman–Crippen LogP) is 3.15. The number of rotatable bonds is 9. The number of H-pyrrole nitrogens is 1. The highest BCUT2D eigenvalue weighted by Crippen LogP contribution is 2.17. The van der Waals surface area contributed by atoms with E-state index < -0.39 is 0 Å². The number of nitrogens with one attached hydrogen (secondary N) is 3. The molecule has 2 heterocycles. The molecule has 0 saturated heterocycles. The summed E-state index contributed by atoms with van der Waals surface area (Å²) in [6.07, 6.45) is 4.00. The molecule has 0 aliphatic carbocycles. The number of aromatic nitrogens is 2.